The highest BCUT2D eigenvalue weighted by atomic mass is 15.1. The van der Waals surface area contributed by atoms with Gasteiger partial charge in [0.1, 0.15) is 0 Å². The molecule has 1 aromatic heterocycles. The quantitative estimate of drug-likeness (QED) is 0.153. The molecular formula is C59H42N2. The maximum absolute atomic E-state index is 2.45. The van der Waals surface area contributed by atoms with Gasteiger partial charge in [-0.1, -0.05) is 177 Å². The number of para-hydroxylation sites is 2. The molecule has 11 aromatic rings. The van der Waals surface area contributed by atoms with E-state index >= 15 is 0 Å². The van der Waals surface area contributed by atoms with E-state index in [1.165, 1.54) is 93.0 Å². The fraction of sp³-hybridized carbons (Fsp3) is 0.0508. The van der Waals surface area contributed by atoms with Gasteiger partial charge < -0.3 is 9.47 Å². The smallest absolute Gasteiger partial charge is 0.0544 e. The second-order valence-corrected chi connectivity index (χ2v) is 16.7. The molecule has 0 amide bonds. The first-order valence-electron chi connectivity index (χ1n) is 21.3. The predicted molar refractivity (Wildman–Crippen MR) is 260 cm³/mol. The highest BCUT2D eigenvalue weighted by molar-refractivity contribution is 6.13. The molecule has 0 radical (unpaired) electrons. The Morgan fingerprint density at radius 1 is 0.459 bits per heavy atom. The van der Waals surface area contributed by atoms with Crippen molar-refractivity contribution in [2.45, 2.75) is 18.8 Å². The SMILES string of the molecule is CC1(c2cccc3c2c2ccccc2n3-c2ccccc2)C=CC(N(c2ccc(-c3cccc4c3ccc3ccccc34)cc2)c2ccc3c(ccc4ccccc43)c2)=CC1. The molecule has 0 aliphatic heterocycles. The molecule has 1 aliphatic rings. The molecule has 10 aromatic carbocycles. The van der Waals surface area contributed by atoms with Gasteiger partial charge in [0.25, 0.3) is 0 Å². The first kappa shape index (κ1) is 35.3. The van der Waals surface area contributed by atoms with E-state index in [0.717, 1.165) is 17.8 Å². The molecule has 0 saturated heterocycles. The minimum Gasteiger partial charge on any atom is -0.311 e. The summed E-state index contributed by atoms with van der Waals surface area (Å²) in [4.78, 5) is 2.44. The van der Waals surface area contributed by atoms with Crippen molar-refractivity contribution in [2.75, 3.05) is 4.90 Å². The molecule has 0 bridgehead atoms. The number of rotatable bonds is 6. The first-order valence-corrected chi connectivity index (χ1v) is 21.3. The van der Waals surface area contributed by atoms with Crippen molar-refractivity contribution in [1.82, 2.24) is 4.57 Å². The topological polar surface area (TPSA) is 8.17 Å². The van der Waals surface area contributed by atoms with Gasteiger partial charge in [-0.3, -0.25) is 0 Å². The lowest BCUT2D eigenvalue weighted by molar-refractivity contribution is 0.601. The largest absolute Gasteiger partial charge is 0.311 e. The van der Waals surface area contributed by atoms with Crippen molar-refractivity contribution < 1.29 is 0 Å². The van der Waals surface area contributed by atoms with Crippen LogP contribution in [0.5, 0.6) is 0 Å². The summed E-state index contributed by atoms with van der Waals surface area (Å²) in [7, 11) is 0. The van der Waals surface area contributed by atoms with E-state index in [4.69, 9.17) is 0 Å². The van der Waals surface area contributed by atoms with Crippen LogP contribution >= 0.6 is 0 Å². The Balaban J connectivity index is 0.970. The molecule has 1 atom stereocenters. The molecule has 1 aliphatic carbocycles. The van der Waals surface area contributed by atoms with Gasteiger partial charge in [-0.05, 0) is 121 Å². The highest BCUT2D eigenvalue weighted by Gasteiger charge is 2.30. The molecule has 1 heterocycles. The Bertz CT molecular complexity index is 3570. The number of anilines is 2. The van der Waals surface area contributed by atoms with Gasteiger partial charge in [0, 0.05) is 38.9 Å². The zero-order chi connectivity index (χ0) is 40.5. The molecule has 2 heteroatoms. The van der Waals surface area contributed by atoms with E-state index in [-0.39, 0.29) is 5.41 Å². The number of hydrogen-bond acceptors (Lipinski definition) is 1. The Kier molecular flexibility index (Phi) is 8.08. The molecule has 2 nitrogen and oxygen atoms in total. The summed E-state index contributed by atoms with van der Waals surface area (Å²) in [6.45, 7) is 2.40. The van der Waals surface area contributed by atoms with Crippen LogP contribution in [0.25, 0.3) is 81.7 Å². The third kappa shape index (κ3) is 5.71. The minimum absolute atomic E-state index is 0.217. The standard InChI is InChI=1S/C59H42N2/c1-59(55-22-12-24-57-58(55)54-19-9-10-23-56(54)61(57)44-15-3-2-4-16-44)37-35-46(36-38-59)60(47-32-34-51-43(39-47)26-25-40-13-5-7-17-48(40)51)45-30-27-42(28-31-45)50-20-11-21-52-49-18-8-6-14-41(49)29-33-53(50)52/h2-37,39H,38H2,1H3. The van der Waals surface area contributed by atoms with E-state index in [1.807, 2.05) is 0 Å². The van der Waals surface area contributed by atoms with E-state index in [0.29, 0.717) is 0 Å². The van der Waals surface area contributed by atoms with Crippen LogP contribution in [0.2, 0.25) is 0 Å². The molecule has 0 saturated carbocycles. The highest BCUT2D eigenvalue weighted by Crippen LogP contribution is 2.45. The zero-order valence-electron chi connectivity index (χ0n) is 34.0. The van der Waals surface area contributed by atoms with Crippen LogP contribution in [0, 0.1) is 0 Å². The zero-order valence-corrected chi connectivity index (χ0v) is 34.0. The van der Waals surface area contributed by atoms with E-state index < -0.39 is 0 Å². The molecule has 12 rings (SSSR count). The lowest BCUT2D eigenvalue weighted by Gasteiger charge is -2.34. The molecule has 1 unspecified atom stereocenters. The van der Waals surface area contributed by atoms with Crippen LogP contribution < -0.4 is 4.90 Å². The van der Waals surface area contributed by atoms with Gasteiger partial charge in [-0.25, -0.2) is 0 Å². The second-order valence-electron chi connectivity index (χ2n) is 16.7. The Labute approximate surface area is 355 Å². The van der Waals surface area contributed by atoms with Gasteiger partial charge in [-0.15, -0.1) is 0 Å². The summed E-state index contributed by atoms with van der Waals surface area (Å²) in [5.74, 6) is 0. The monoisotopic (exact) mass is 778 g/mol. The second kappa shape index (κ2) is 14.0. The molecule has 288 valence electrons. The average molecular weight is 779 g/mol. The molecule has 0 N–H and O–H groups in total. The van der Waals surface area contributed by atoms with Crippen LogP contribution in [0.4, 0.5) is 11.4 Å². The third-order valence-electron chi connectivity index (χ3n) is 13.2. The van der Waals surface area contributed by atoms with Gasteiger partial charge in [0.05, 0.1) is 11.0 Å². The molecule has 61 heavy (non-hydrogen) atoms. The van der Waals surface area contributed by atoms with E-state index in [1.54, 1.807) is 0 Å². The number of hydrogen-bond donors (Lipinski definition) is 0. The summed E-state index contributed by atoms with van der Waals surface area (Å²) < 4.78 is 2.42. The Hall–Kier alpha value is -7.68. The lowest BCUT2D eigenvalue weighted by Crippen LogP contribution is -2.24. The van der Waals surface area contributed by atoms with E-state index in [9.17, 15) is 0 Å². The maximum atomic E-state index is 2.45. The summed E-state index contributed by atoms with van der Waals surface area (Å²) in [6, 6.07) is 75.7. The third-order valence-corrected chi connectivity index (χ3v) is 13.2. The minimum atomic E-state index is -0.217. The van der Waals surface area contributed by atoms with Crippen molar-refractivity contribution in [2.24, 2.45) is 0 Å². The van der Waals surface area contributed by atoms with E-state index in [2.05, 4.69) is 241 Å². The molecule has 0 spiro atoms. The van der Waals surface area contributed by atoms with Crippen LogP contribution in [0.1, 0.15) is 18.9 Å². The van der Waals surface area contributed by atoms with Crippen molar-refractivity contribution in [1.29, 1.82) is 0 Å². The van der Waals surface area contributed by atoms with Gasteiger partial charge in [0.15, 0.2) is 0 Å². The number of benzene rings is 10. The maximum Gasteiger partial charge on any atom is 0.0544 e. The van der Waals surface area contributed by atoms with Crippen molar-refractivity contribution in [3.05, 3.63) is 236 Å². The fourth-order valence-electron chi connectivity index (χ4n) is 10.1. The number of fused-ring (bicyclic) bond motifs is 9. The first-order chi connectivity index (χ1) is 30.1. The summed E-state index contributed by atoms with van der Waals surface area (Å²) >= 11 is 0. The van der Waals surface area contributed by atoms with Gasteiger partial charge in [-0.2, -0.15) is 0 Å². The van der Waals surface area contributed by atoms with Crippen LogP contribution in [-0.4, -0.2) is 4.57 Å². The van der Waals surface area contributed by atoms with Gasteiger partial charge >= 0.3 is 0 Å². The van der Waals surface area contributed by atoms with Gasteiger partial charge in [0.2, 0.25) is 0 Å². The number of nitrogens with zero attached hydrogens (tertiary/aromatic N) is 2. The van der Waals surface area contributed by atoms with Crippen molar-refractivity contribution >= 4 is 76.3 Å². The summed E-state index contributed by atoms with van der Waals surface area (Å²) in [5.41, 5.74) is 10.7. The predicted octanol–water partition coefficient (Wildman–Crippen LogP) is 16.0. The number of aromatic nitrogens is 1. The summed E-state index contributed by atoms with van der Waals surface area (Å²) in [5, 5.41) is 12.7. The lowest BCUT2D eigenvalue weighted by atomic mass is 9.75. The van der Waals surface area contributed by atoms with Crippen LogP contribution in [-0.2, 0) is 5.41 Å². The Morgan fingerprint density at radius 3 is 1.85 bits per heavy atom. The molecule has 0 fully saturated rings. The average Bonchev–Trinajstić information content (AvgIpc) is 3.67. The summed E-state index contributed by atoms with van der Waals surface area (Å²) in [6.07, 6.45) is 8.11. The Morgan fingerprint density at radius 2 is 1.07 bits per heavy atom. The van der Waals surface area contributed by atoms with Crippen LogP contribution in [0.3, 0.4) is 0 Å². The number of allylic oxidation sites excluding steroid dienone is 3. The van der Waals surface area contributed by atoms with Crippen molar-refractivity contribution in [3.8, 4) is 16.8 Å². The van der Waals surface area contributed by atoms with Crippen LogP contribution in [0.15, 0.2) is 230 Å². The fourth-order valence-corrected chi connectivity index (χ4v) is 10.1. The molecular weight excluding hydrogens is 737 g/mol. The van der Waals surface area contributed by atoms with Crippen molar-refractivity contribution in [3.63, 3.8) is 0 Å². The normalized spacial score (nSPS) is 15.3.